The number of aromatic nitrogens is 2. The van der Waals surface area contributed by atoms with Crippen molar-refractivity contribution in [3.63, 3.8) is 0 Å². The number of ether oxygens (including phenoxy) is 4. The summed E-state index contributed by atoms with van der Waals surface area (Å²) in [7, 11) is 0.555. The van der Waals surface area contributed by atoms with Gasteiger partial charge in [-0.15, -0.1) is 0 Å². The van der Waals surface area contributed by atoms with Crippen molar-refractivity contribution < 1.29 is 36.7 Å². The van der Waals surface area contributed by atoms with Crippen molar-refractivity contribution >= 4 is 16.0 Å². The van der Waals surface area contributed by atoms with Gasteiger partial charge in [-0.05, 0) is 43.2 Å². The van der Waals surface area contributed by atoms with Crippen LogP contribution in [0.1, 0.15) is 29.1 Å². The summed E-state index contributed by atoms with van der Waals surface area (Å²) in [6.45, 7) is -0.307. The number of rotatable bonds is 10. The second-order valence-electron chi connectivity index (χ2n) is 7.42. The summed E-state index contributed by atoms with van der Waals surface area (Å²) in [5.41, 5.74) is 0.603. The highest BCUT2D eigenvalue weighted by Crippen LogP contribution is 2.32. The van der Waals surface area contributed by atoms with E-state index in [1.807, 2.05) is 0 Å². The normalized spacial score (nSPS) is 13.4. The third-order valence-corrected chi connectivity index (χ3v) is 6.57. The van der Waals surface area contributed by atoms with Crippen LogP contribution in [0.4, 0.5) is 0 Å². The molecule has 2 aromatic carbocycles. The third kappa shape index (κ3) is 5.13. The van der Waals surface area contributed by atoms with Crippen molar-refractivity contribution in [3.05, 3.63) is 47.9 Å². The number of hydrogen-bond acceptors (Lipinski definition) is 10. The smallest absolute Gasteiger partial charge is 0.338 e. The average molecular weight is 490 g/mol. The van der Waals surface area contributed by atoms with Crippen molar-refractivity contribution in [1.82, 2.24) is 14.9 Å². The average Bonchev–Trinajstić information content (AvgIpc) is 3.53. The van der Waals surface area contributed by atoms with E-state index in [2.05, 4.69) is 14.9 Å². The first-order valence-corrected chi connectivity index (χ1v) is 11.8. The fourth-order valence-corrected chi connectivity index (χ4v) is 4.61. The number of carbonyl (C=O) groups is 1. The lowest BCUT2D eigenvalue weighted by Gasteiger charge is -2.11. The van der Waals surface area contributed by atoms with E-state index in [4.69, 9.17) is 23.5 Å². The van der Waals surface area contributed by atoms with Crippen molar-refractivity contribution in [1.29, 1.82) is 0 Å². The summed E-state index contributed by atoms with van der Waals surface area (Å²) in [6.07, 6.45) is 1.55. The van der Waals surface area contributed by atoms with Gasteiger partial charge in [0.25, 0.3) is 5.89 Å². The Morgan fingerprint density at radius 1 is 1.06 bits per heavy atom. The number of hydrogen-bond donors (Lipinski definition) is 1. The Kier molecular flexibility index (Phi) is 6.70. The number of carbonyl (C=O) groups excluding carboxylic acids is 1. The first-order chi connectivity index (χ1) is 16.3. The molecule has 0 atom stereocenters. The third-order valence-electron chi connectivity index (χ3n) is 5.03. The standard InChI is InChI=1S/C22H23N3O8S/c1-29-15-7-8-16(18(11-15)31-3)21-23-20(33-24-21)12-32-22(26)13-4-9-17(30-2)19(10-13)34(27,28)25-14-5-6-14/h4,7-11,14,25H,5-6,12H2,1-3H3. The highest BCUT2D eigenvalue weighted by molar-refractivity contribution is 7.89. The van der Waals surface area contributed by atoms with Crippen LogP contribution in [0.25, 0.3) is 11.4 Å². The summed E-state index contributed by atoms with van der Waals surface area (Å²) in [4.78, 5) is 16.7. The van der Waals surface area contributed by atoms with Gasteiger partial charge in [0.1, 0.15) is 22.1 Å². The van der Waals surface area contributed by atoms with Gasteiger partial charge in [0, 0.05) is 12.1 Å². The van der Waals surface area contributed by atoms with E-state index in [0.717, 1.165) is 12.8 Å². The highest BCUT2D eigenvalue weighted by Gasteiger charge is 2.30. The lowest BCUT2D eigenvalue weighted by molar-refractivity contribution is 0.0429. The molecule has 11 nitrogen and oxygen atoms in total. The fourth-order valence-electron chi connectivity index (χ4n) is 3.11. The topological polar surface area (TPSA) is 139 Å². The van der Waals surface area contributed by atoms with Gasteiger partial charge in [0.2, 0.25) is 15.8 Å². The molecule has 1 aliphatic rings. The Morgan fingerprint density at radius 3 is 2.50 bits per heavy atom. The predicted molar refractivity (Wildman–Crippen MR) is 118 cm³/mol. The molecule has 3 aromatic rings. The molecule has 1 aromatic heterocycles. The summed E-state index contributed by atoms with van der Waals surface area (Å²) in [5.74, 6) is 0.751. The van der Waals surface area contributed by atoms with Gasteiger partial charge in [-0.3, -0.25) is 0 Å². The van der Waals surface area contributed by atoms with Crippen LogP contribution in [-0.4, -0.2) is 51.9 Å². The maximum absolute atomic E-state index is 12.7. The molecular weight excluding hydrogens is 466 g/mol. The zero-order valence-electron chi connectivity index (χ0n) is 18.7. The van der Waals surface area contributed by atoms with E-state index in [1.165, 1.54) is 32.4 Å². The lowest BCUT2D eigenvalue weighted by atomic mass is 10.2. The molecule has 0 amide bonds. The molecule has 0 spiro atoms. The SMILES string of the molecule is COc1ccc(-c2noc(COC(=O)c3ccc(OC)c(S(=O)(=O)NC4CC4)c3)n2)c(OC)c1. The van der Waals surface area contributed by atoms with Gasteiger partial charge in [-0.2, -0.15) is 4.98 Å². The largest absolute Gasteiger partial charge is 0.497 e. The number of esters is 1. The lowest BCUT2D eigenvalue weighted by Crippen LogP contribution is -2.26. The van der Waals surface area contributed by atoms with Crippen LogP contribution in [0.5, 0.6) is 17.2 Å². The molecule has 0 radical (unpaired) electrons. The molecule has 0 aliphatic heterocycles. The molecule has 34 heavy (non-hydrogen) atoms. The first-order valence-electron chi connectivity index (χ1n) is 10.3. The Morgan fingerprint density at radius 2 is 1.82 bits per heavy atom. The molecule has 0 bridgehead atoms. The Labute approximate surface area is 196 Å². The van der Waals surface area contributed by atoms with Crippen LogP contribution in [0, 0.1) is 0 Å². The second kappa shape index (κ2) is 9.69. The van der Waals surface area contributed by atoms with E-state index in [9.17, 15) is 13.2 Å². The number of benzene rings is 2. The molecule has 1 heterocycles. The van der Waals surface area contributed by atoms with Gasteiger partial charge >= 0.3 is 5.97 Å². The molecule has 12 heteroatoms. The minimum atomic E-state index is -3.85. The minimum absolute atomic E-state index is 0.0357. The Balaban J connectivity index is 1.48. The molecule has 1 saturated carbocycles. The van der Waals surface area contributed by atoms with Crippen LogP contribution < -0.4 is 18.9 Å². The van der Waals surface area contributed by atoms with Crippen molar-refractivity contribution in [3.8, 4) is 28.6 Å². The molecule has 1 aliphatic carbocycles. The molecule has 1 fully saturated rings. The fraction of sp³-hybridized carbons (Fsp3) is 0.318. The van der Waals surface area contributed by atoms with E-state index >= 15 is 0 Å². The second-order valence-corrected chi connectivity index (χ2v) is 9.10. The predicted octanol–water partition coefficient (Wildman–Crippen LogP) is 2.56. The Bertz CT molecular complexity index is 1300. The summed E-state index contributed by atoms with van der Waals surface area (Å²) < 4.78 is 54.0. The van der Waals surface area contributed by atoms with Gasteiger partial charge < -0.3 is 23.5 Å². The number of methoxy groups -OCH3 is 3. The van der Waals surface area contributed by atoms with Crippen LogP contribution >= 0.6 is 0 Å². The summed E-state index contributed by atoms with van der Waals surface area (Å²) >= 11 is 0. The van der Waals surface area contributed by atoms with Gasteiger partial charge in [0.05, 0.1) is 32.5 Å². The van der Waals surface area contributed by atoms with Gasteiger partial charge in [0.15, 0.2) is 6.61 Å². The number of nitrogens with one attached hydrogen (secondary N) is 1. The highest BCUT2D eigenvalue weighted by atomic mass is 32.2. The molecule has 0 saturated heterocycles. The van der Waals surface area contributed by atoms with Crippen molar-refractivity contribution in [2.45, 2.75) is 30.4 Å². The number of sulfonamides is 1. The van der Waals surface area contributed by atoms with Crippen molar-refractivity contribution in [2.75, 3.05) is 21.3 Å². The van der Waals surface area contributed by atoms with E-state index in [0.29, 0.717) is 17.1 Å². The number of nitrogens with zero attached hydrogens (tertiary/aromatic N) is 2. The maximum atomic E-state index is 12.7. The van der Waals surface area contributed by atoms with E-state index < -0.39 is 16.0 Å². The van der Waals surface area contributed by atoms with Crippen LogP contribution in [0.2, 0.25) is 0 Å². The van der Waals surface area contributed by atoms with Crippen LogP contribution in [0.3, 0.4) is 0 Å². The van der Waals surface area contributed by atoms with E-state index in [-0.39, 0.29) is 40.6 Å². The molecule has 180 valence electrons. The minimum Gasteiger partial charge on any atom is -0.497 e. The summed E-state index contributed by atoms with van der Waals surface area (Å²) in [5, 5.41) is 3.90. The molecule has 1 N–H and O–H groups in total. The zero-order valence-corrected chi connectivity index (χ0v) is 19.5. The Hall–Kier alpha value is -3.64. The monoisotopic (exact) mass is 489 g/mol. The van der Waals surface area contributed by atoms with Crippen molar-refractivity contribution in [2.24, 2.45) is 0 Å². The van der Waals surface area contributed by atoms with Gasteiger partial charge in [-0.25, -0.2) is 17.9 Å². The quantitative estimate of drug-likeness (QED) is 0.423. The molecule has 4 rings (SSSR count). The van der Waals surface area contributed by atoms with Gasteiger partial charge in [-0.1, -0.05) is 5.16 Å². The molecule has 0 unspecified atom stereocenters. The van der Waals surface area contributed by atoms with E-state index in [1.54, 1.807) is 25.3 Å². The summed E-state index contributed by atoms with van der Waals surface area (Å²) in [6, 6.07) is 9.06. The van der Waals surface area contributed by atoms with Crippen LogP contribution in [0.15, 0.2) is 45.8 Å². The van der Waals surface area contributed by atoms with Crippen LogP contribution in [-0.2, 0) is 21.4 Å². The molecular formula is C22H23N3O8S. The maximum Gasteiger partial charge on any atom is 0.338 e. The first kappa shape index (κ1) is 23.5. The zero-order chi connectivity index (χ0) is 24.3.